The third kappa shape index (κ3) is 3.17. The number of likely N-dealkylation sites (tertiary alicyclic amines) is 1. The van der Waals surface area contributed by atoms with Gasteiger partial charge >= 0.3 is 0 Å². The normalized spacial score (nSPS) is 16.8. The Labute approximate surface area is 129 Å². The van der Waals surface area contributed by atoms with Gasteiger partial charge in [0.05, 0.1) is 0 Å². The summed E-state index contributed by atoms with van der Waals surface area (Å²) in [5, 5.41) is 0. The van der Waals surface area contributed by atoms with Crippen LogP contribution in [0.3, 0.4) is 0 Å². The molecule has 4 heteroatoms. The molecule has 3 nitrogen and oxygen atoms in total. The van der Waals surface area contributed by atoms with Crippen LogP contribution in [0.25, 0.3) is 0 Å². The highest BCUT2D eigenvalue weighted by atomic mass is 79.9. The SMILES string of the molecule is Cc1c(N)cc(Br)cc1C(=O)N1CCC(C(C)C)CC1. The lowest BCUT2D eigenvalue weighted by Crippen LogP contribution is -2.39. The molecule has 0 atom stereocenters. The zero-order chi connectivity index (χ0) is 14.9. The van der Waals surface area contributed by atoms with Gasteiger partial charge in [0.2, 0.25) is 0 Å². The van der Waals surface area contributed by atoms with E-state index in [9.17, 15) is 4.79 Å². The molecule has 0 saturated carbocycles. The van der Waals surface area contributed by atoms with Crippen molar-refractivity contribution in [3.8, 4) is 0 Å². The van der Waals surface area contributed by atoms with E-state index in [-0.39, 0.29) is 5.91 Å². The molecule has 1 fully saturated rings. The Balaban J connectivity index is 2.13. The molecule has 1 aromatic rings. The van der Waals surface area contributed by atoms with Crippen molar-refractivity contribution in [1.82, 2.24) is 4.90 Å². The Morgan fingerprint density at radius 3 is 2.50 bits per heavy atom. The van der Waals surface area contributed by atoms with Gasteiger partial charge in [0.15, 0.2) is 0 Å². The highest BCUT2D eigenvalue weighted by Crippen LogP contribution is 2.28. The van der Waals surface area contributed by atoms with Gasteiger partial charge in [0.25, 0.3) is 5.91 Å². The lowest BCUT2D eigenvalue weighted by Gasteiger charge is -2.34. The molecule has 0 bridgehead atoms. The number of benzene rings is 1. The van der Waals surface area contributed by atoms with Crippen LogP contribution in [0.15, 0.2) is 16.6 Å². The van der Waals surface area contributed by atoms with Crippen LogP contribution in [0.4, 0.5) is 5.69 Å². The van der Waals surface area contributed by atoms with Gasteiger partial charge in [0, 0.05) is 28.8 Å². The van der Waals surface area contributed by atoms with Gasteiger partial charge in [-0.15, -0.1) is 0 Å². The Hall–Kier alpha value is -1.03. The summed E-state index contributed by atoms with van der Waals surface area (Å²) in [6, 6.07) is 3.72. The van der Waals surface area contributed by atoms with Gasteiger partial charge in [-0.1, -0.05) is 29.8 Å². The Kier molecular flexibility index (Phi) is 4.74. The van der Waals surface area contributed by atoms with Crippen LogP contribution in [0.5, 0.6) is 0 Å². The first kappa shape index (κ1) is 15.4. The fourth-order valence-corrected chi connectivity index (χ4v) is 3.34. The number of halogens is 1. The minimum Gasteiger partial charge on any atom is -0.398 e. The first-order chi connectivity index (χ1) is 9.40. The second-order valence-electron chi connectivity index (χ2n) is 6.04. The average molecular weight is 339 g/mol. The molecule has 110 valence electrons. The maximum Gasteiger partial charge on any atom is 0.254 e. The lowest BCUT2D eigenvalue weighted by molar-refractivity contribution is 0.0667. The van der Waals surface area contributed by atoms with Crippen molar-refractivity contribution in [1.29, 1.82) is 0 Å². The van der Waals surface area contributed by atoms with Crippen molar-refractivity contribution in [2.75, 3.05) is 18.8 Å². The van der Waals surface area contributed by atoms with Crippen molar-refractivity contribution in [3.63, 3.8) is 0 Å². The molecule has 2 N–H and O–H groups in total. The first-order valence-electron chi connectivity index (χ1n) is 7.25. The van der Waals surface area contributed by atoms with E-state index >= 15 is 0 Å². The quantitative estimate of drug-likeness (QED) is 0.832. The van der Waals surface area contributed by atoms with Crippen molar-refractivity contribution in [2.45, 2.75) is 33.6 Å². The summed E-state index contributed by atoms with van der Waals surface area (Å²) in [7, 11) is 0. The van der Waals surface area contributed by atoms with Crippen LogP contribution in [-0.4, -0.2) is 23.9 Å². The number of nitrogens with zero attached hydrogens (tertiary/aromatic N) is 1. The molecule has 1 amide bonds. The summed E-state index contributed by atoms with van der Waals surface area (Å²) in [6.07, 6.45) is 2.21. The monoisotopic (exact) mass is 338 g/mol. The molecule has 20 heavy (non-hydrogen) atoms. The highest BCUT2D eigenvalue weighted by molar-refractivity contribution is 9.10. The molecule has 0 aromatic heterocycles. The van der Waals surface area contributed by atoms with Crippen molar-refractivity contribution < 1.29 is 4.79 Å². The third-order valence-corrected chi connectivity index (χ3v) is 4.87. The van der Waals surface area contributed by atoms with E-state index in [0.29, 0.717) is 11.6 Å². The largest absolute Gasteiger partial charge is 0.398 e. The molecule has 1 heterocycles. The molecule has 2 rings (SSSR count). The predicted octanol–water partition coefficient (Wildman–Crippen LogP) is 3.85. The van der Waals surface area contributed by atoms with E-state index in [1.807, 2.05) is 24.0 Å². The maximum absolute atomic E-state index is 12.7. The number of piperidine rings is 1. The zero-order valence-corrected chi connectivity index (χ0v) is 14.0. The van der Waals surface area contributed by atoms with Gasteiger partial charge in [-0.3, -0.25) is 4.79 Å². The predicted molar refractivity (Wildman–Crippen MR) is 86.8 cm³/mol. The van der Waals surface area contributed by atoms with E-state index in [2.05, 4.69) is 29.8 Å². The molecule has 1 saturated heterocycles. The molecule has 0 spiro atoms. The summed E-state index contributed by atoms with van der Waals surface area (Å²) in [4.78, 5) is 14.6. The molecular formula is C16H23BrN2O. The van der Waals surface area contributed by atoms with E-state index in [1.165, 1.54) is 0 Å². The molecule has 1 aliphatic heterocycles. The van der Waals surface area contributed by atoms with E-state index in [0.717, 1.165) is 47.4 Å². The van der Waals surface area contributed by atoms with Gasteiger partial charge < -0.3 is 10.6 Å². The first-order valence-corrected chi connectivity index (χ1v) is 8.04. The van der Waals surface area contributed by atoms with Crippen LogP contribution < -0.4 is 5.73 Å². The summed E-state index contributed by atoms with van der Waals surface area (Å²) < 4.78 is 0.862. The number of hydrogen-bond acceptors (Lipinski definition) is 2. The van der Waals surface area contributed by atoms with Crippen LogP contribution in [-0.2, 0) is 0 Å². The molecular weight excluding hydrogens is 316 g/mol. The van der Waals surface area contributed by atoms with Crippen LogP contribution in [0.1, 0.15) is 42.6 Å². The molecule has 0 radical (unpaired) electrons. The smallest absolute Gasteiger partial charge is 0.254 e. The Bertz CT molecular complexity index is 505. The van der Waals surface area contributed by atoms with Crippen LogP contribution in [0.2, 0.25) is 0 Å². The maximum atomic E-state index is 12.7. The van der Waals surface area contributed by atoms with E-state index in [1.54, 1.807) is 0 Å². The Morgan fingerprint density at radius 1 is 1.35 bits per heavy atom. The number of carbonyl (C=O) groups is 1. The summed E-state index contributed by atoms with van der Waals surface area (Å²) in [5.41, 5.74) is 8.22. The third-order valence-electron chi connectivity index (χ3n) is 4.41. The number of anilines is 1. The van der Waals surface area contributed by atoms with E-state index in [4.69, 9.17) is 5.73 Å². The van der Waals surface area contributed by atoms with Gasteiger partial charge in [-0.2, -0.15) is 0 Å². The standard InChI is InChI=1S/C16H23BrN2O/c1-10(2)12-4-6-19(7-5-12)16(20)14-8-13(17)9-15(18)11(14)3/h8-10,12H,4-7,18H2,1-3H3. The summed E-state index contributed by atoms with van der Waals surface area (Å²) >= 11 is 3.42. The fourth-order valence-electron chi connectivity index (χ4n) is 2.86. The molecule has 0 unspecified atom stereocenters. The van der Waals surface area contributed by atoms with Crippen LogP contribution in [0, 0.1) is 18.8 Å². The number of amides is 1. The lowest BCUT2D eigenvalue weighted by atomic mass is 9.86. The second-order valence-corrected chi connectivity index (χ2v) is 6.96. The number of rotatable bonds is 2. The number of nitrogen functional groups attached to an aromatic ring is 1. The number of hydrogen-bond donors (Lipinski definition) is 1. The molecule has 0 aliphatic carbocycles. The molecule has 1 aromatic carbocycles. The number of carbonyl (C=O) groups excluding carboxylic acids is 1. The summed E-state index contributed by atoms with van der Waals surface area (Å²) in [6.45, 7) is 8.15. The highest BCUT2D eigenvalue weighted by Gasteiger charge is 2.26. The minimum atomic E-state index is 0.109. The van der Waals surface area contributed by atoms with Crippen molar-refractivity contribution in [2.24, 2.45) is 11.8 Å². The summed E-state index contributed by atoms with van der Waals surface area (Å²) in [5.74, 6) is 1.56. The van der Waals surface area contributed by atoms with Crippen molar-refractivity contribution >= 4 is 27.5 Å². The van der Waals surface area contributed by atoms with Gasteiger partial charge in [-0.25, -0.2) is 0 Å². The van der Waals surface area contributed by atoms with Crippen LogP contribution >= 0.6 is 15.9 Å². The van der Waals surface area contributed by atoms with Crippen molar-refractivity contribution in [3.05, 3.63) is 27.7 Å². The number of nitrogens with two attached hydrogens (primary N) is 1. The minimum absolute atomic E-state index is 0.109. The second kappa shape index (κ2) is 6.17. The fraction of sp³-hybridized carbons (Fsp3) is 0.562. The van der Waals surface area contributed by atoms with Gasteiger partial charge in [-0.05, 0) is 49.3 Å². The topological polar surface area (TPSA) is 46.3 Å². The molecule has 1 aliphatic rings. The zero-order valence-electron chi connectivity index (χ0n) is 12.4. The Morgan fingerprint density at radius 2 is 1.95 bits per heavy atom. The van der Waals surface area contributed by atoms with E-state index < -0.39 is 0 Å². The van der Waals surface area contributed by atoms with Gasteiger partial charge in [0.1, 0.15) is 0 Å². The average Bonchev–Trinajstić information content (AvgIpc) is 2.42.